The summed E-state index contributed by atoms with van der Waals surface area (Å²) in [6.45, 7) is 6.12. The van der Waals surface area contributed by atoms with Crippen LogP contribution in [0.1, 0.15) is 19.9 Å². The predicted octanol–water partition coefficient (Wildman–Crippen LogP) is 2.58. The van der Waals surface area contributed by atoms with Gasteiger partial charge < -0.3 is 9.47 Å². The van der Waals surface area contributed by atoms with Crippen LogP contribution < -0.4 is 4.90 Å². The van der Waals surface area contributed by atoms with E-state index < -0.39 is 10.0 Å². The number of thiazole rings is 1. The normalized spacial score (nSPS) is 16.7. The van der Waals surface area contributed by atoms with Gasteiger partial charge in [-0.25, -0.2) is 18.4 Å². The molecule has 0 bridgehead atoms. The van der Waals surface area contributed by atoms with Crippen molar-refractivity contribution in [2.24, 2.45) is 0 Å². The Hall–Kier alpha value is -1.97. The number of nitrogens with zero attached hydrogens (tertiary/aromatic N) is 5. The molecule has 2 aromatic heterocycles. The lowest BCUT2D eigenvalue weighted by molar-refractivity contribution is 0.383. The molecule has 3 aromatic rings. The number of para-hydroxylation sites is 1. The van der Waals surface area contributed by atoms with Crippen LogP contribution in [0.5, 0.6) is 0 Å². The Bertz CT molecular complexity index is 984. The first-order chi connectivity index (χ1) is 12.4. The Kier molecular flexibility index (Phi) is 4.45. The second kappa shape index (κ2) is 6.64. The smallest absolute Gasteiger partial charge is 0.262 e. The summed E-state index contributed by atoms with van der Waals surface area (Å²) in [5, 5.41) is 1.08. The average Bonchev–Trinajstić information content (AvgIpc) is 3.29. The Morgan fingerprint density at radius 3 is 2.50 bits per heavy atom. The molecule has 0 unspecified atom stereocenters. The third-order valence-electron chi connectivity index (χ3n) is 4.57. The first-order valence-corrected chi connectivity index (χ1v) is 10.8. The van der Waals surface area contributed by atoms with E-state index in [0.29, 0.717) is 26.2 Å². The van der Waals surface area contributed by atoms with Gasteiger partial charge in [0, 0.05) is 38.4 Å². The Balaban J connectivity index is 1.48. The summed E-state index contributed by atoms with van der Waals surface area (Å²) in [6.07, 6.45) is 3.19. The number of hydrogen-bond donors (Lipinski definition) is 0. The largest absolute Gasteiger partial charge is 0.345 e. The molecule has 1 aliphatic rings. The van der Waals surface area contributed by atoms with E-state index in [9.17, 15) is 8.42 Å². The molecule has 0 radical (unpaired) electrons. The molecule has 3 heterocycles. The van der Waals surface area contributed by atoms with Crippen LogP contribution in [0.2, 0.25) is 0 Å². The molecule has 7 nitrogen and oxygen atoms in total. The molecule has 0 N–H and O–H groups in total. The number of sulfonamides is 1. The molecular formula is C17H21N5O2S2. The summed E-state index contributed by atoms with van der Waals surface area (Å²) < 4.78 is 30.1. The summed E-state index contributed by atoms with van der Waals surface area (Å²) in [6, 6.07) is 8.23. The van der Waals surface area contributed by atoms with E-state index in [-0.39, 0.29) is 11.1 Å². The maximum absolute atomic E-state index is 12.8. The molecule has 0 aliphatic carbocycles. The third-order valence-corrected chi connectivity index (χ3v) is 7.45. The van der Waals surface area contributed by atoms with Crippen molar-refractivity contribution >= 4 is 36.7 Å². The Morgan fingerprint density at radius 1 is 1.12 bits per heavy atom. The summed E-state index contributed by atoms with van der Waals surface area (Å²) in [5.41, 5.74) is 0.988. The molecule has 4 rings (SSSR count). The molecule has 1 aromatic carbocycles. The van der Waals surface area contributed by atoms with Gasteiger partial charge >= 0.3 is 0 Å². The number of piperazine rings is 1. The fraction of sp³-hybridized carbons (Fsp3) is 0.412. The summed E-state index contributed by atoms with van der Waals surface area (Å²) in [7, 11) is -3.55. The zero-order chi connectivity index (χ0) is 18.3. The average molecular weight is 392 g/mol. The number of hydrogen-bond acceptors (Lipinski definition) is 6. The predicted molar refractivity (Wildman–Crippen MR) is 103 cm³/mol. The molecule has 1 aliphatic heterocycles. The molecular weight excluding hydrogens is 370 g/mol. The number of anilines is 1. The topological polar surface area (TPSA) is 71.3 Å². The van der Waals surface area contributed by atoms with Crippen LogP contribution in [-0.4, -0.2) is 53.4 Å². The Labute approximate surface area is 156 Å². The van der Waals surface area contributed by atoms with Crippen LogP contribution in [-0.2, 0) is 10.0 Å². The molecule has 0 spiro atoms. The van der Waals surface area contributed by atoms with Crippen molar-refractivity contribution in [3.63, 3.8) is 0 Å². The second-order valence-electron chi connectivity index (χ2n) is 6.61. The molecule has 0 atom stereocenters. The number of imidazole rings is 1. The monoisotopic (exact) mass is 391 g/mol. The highest BCUT2D eigenvalue weighted by molar-refractivity contribution is 7.89. The highest BCUT2D eigenvalue weighted by atomic mass is 32.2. The van der Waals surface area contributed by atoms with Gasteiger partial charge in [0.25, 0.3) is 10.0 Å². The number of aromatic nitrogens is 3. The molecule has 1 fully saturated rings. The van der Waals surface area contributed by atoms with Crippen molar-refractivity contribution in [2.45, 2.75) is 24.9 Å². The minimum absolute atomic E-state index is 0.125. The highest BCUT2D eigenvalue weighted by Crippen LogP contribution is 2.29. The zero-order valence-electron chi connectivity index (χ0n) is 14.7. The van der Waals surface area contributed by atoms with Crippen LogP contribution in [0.3, 0.4) is 0 Å². The van der Waals surface area contributed by atoms with Gasteiger partial charge in [-0.15, -0.1) is 0 Å². The second-order valence-corrected chi connectivity index (χ2v) is 9.50. The maximum atomic E-state index is 12.8. The van der Waals surface area contributed by atoms with Gasteiger partial charge in [0.15, 0.2) is 10.2 Å². The zero-order valence-corrected chi connectivity index (χ0v) is 16.4. The number of benzene rings is 1. The van der Waals surface area contributed by atoms with Crippen LogP contribution in [0.25, 0.3) is 10.2 Å². The fourth-order valence-electron chi connectivity index (χ4n) is 2.98. The van der Waals surface area contributed by atoms with E-state index in [1.807, 2.05) is 36.6 Å². The molecule has 138 valence electrons. The van der Waals surface area contributed by atoms with Crippen molar-refractivity contribution in [1.29, 1.82) is 0 Å². The van der Waals surface area contributed by atoms with Gasteiger partial charge in [0.05, 0.1) is 16.5 Å². The standard InChI is InChI=1S/C17H21N5O2S2/c1-13(2)21-11-16(18-12-21)26(23,24)22-9-7-20(8-10-22)17-19-14-5-3-4-6-15(14)25-17/h3-6,11-13H,7-10H2,1-2H3. The van der Waals surface area contributed by atoms with Crippen molar-refractivity contribution in [3.8, 4) is 0 Å². The Morgan fingerprint density at radius 2 is 1.85 bits per heavy atom. The molecule has 9 heteroatoms. The molecule has 1 saturated heterocycles. The summed E-state index contributed by atoms with van der Waals surface area (Å²) >= 11 is 1.65. The van der Waals surface area contributed by atoms with E-state index in [1.54, 1.807) is 23.9 Å². The third kappa shape index (κ3) is 3.10. The van der Waals surface area contributed by atoms with Crippen molar-refractivity contribution in [1.82, 2.24) is 18.8 Å². The maximum Gasteiger partial charge on any atom is 0.262 e. The SMILES string of the molecule is CC(C)n1cnc(S(=O)(=O)N2CCN(c3nc4ccccc4s3)CC2)c1. The molecule has 26 heavy (non-hydrogen) atoms. The number of fused-ring (bicyclic) bond motifs is 1. The van der Waals surface area contributed by atoms with Crippen LogP contribution in [0.4, 0.5) is 5.13 Å². The van der Waals surface area contributed by atoms with Crippen LogP contribution >= 0.6 is 11.3 Å². The van der Waals surface area contributed by atoms with Crippen LogP contribution in [0.15, 0.2) is 41.8 Å². The van der Waals surface area contributed by atoms with Crippen molar-refractivity contribution in [2.75, 3.05) is 31.1 Å². The lowest BCUT2D eigenvalue weighted by Gasteiger charge is -2.33. The van der Waals surface area contributed by atoms with Crippen LogP contribution in [0, 0.1) is 0 Å². The van der Waals surface area contributed by atoms with Gasteiger partial charge in [-0.05, 0) is 26.0 Å². The van der Waals surface area contributed by atoms with Crippen molar-refractivity contribution in [3.05, 3.63) is 36.8 Å². The highest BCUT2D eigenvalue weighted by Gasteiger charge is 2.31. The van der Waals surface area contributed by atoms with Gasteiger partial charge in [-0.1, -0.05) is 23.5 Å². The minimum Gasteiger partial charge on any atom is -0.345 e. The lowest BCUT2D eigenvalue weighted by Crippen LogP contribution is -2.48. The van der Waals surface area contributed by atoms with Gasteiger partial charge in [0.1, 0.15) is 0 Å². The minimum atomic E-state index is -3.55. The van der Waals surface area contributed by atoms with E-state index in [1.165, 1.54) is 4.31 Å². The lowest BCUT2D eigenvalue weighted by atomic mass is 10.3. The van der Waals surface area contributed by atoms with E-state index >= 15 is 0 Å². The fourth-order valence-corrected chi connectivity index (χ4v) is 5.34. The van der Waals surface area contributed by atoms with E-state index in [4.69, 9.17) is 0 Å². The molecule has 0 amide bonds. The van der Waals surface area contributed by atoms with E-state index in [0.717, 1.165) is 15.3 Å². The first kappa shape index (κ1) is 17.4. The van der Waals surface area contributed by atoms with Gasteiger partial charge in [0.2, 0.25) is 0 Å². The summed E-state index contributed by atoms with van der Waals surface area (Å²) in [5.74, 6) is 0. The number of rotatable bonds is 4. The molecule has 0 saturated carbocycles. The quantitative estimate of drug-likeness (QED) is 0.684. The van der Waals surface area contributed by atoms with Gasteiger partial charge in [-0.3, -0.25) is 0 Å². The van der Waals surface area contributed by atoms with Crippen molar-refractivity contribution < 1.29 is 8.42 Å². The summed E-state index contributed by atoms with van der Waals surface area (Å²) in [4.78, 5) is 10.9. The van der Waals surface area contributed by atoms with Gasteiger partial charge in [-0.2, -0.15) is 4.31 Å². The first-order valence-electron chi connectivity index (χ1n) is 8.59. The van der Waals surface area contributed by atoms with E-state index in [2.05, 4.69) is 20.9 Å².